The van der Waals surface area contributed by atoms with E-state index < -0.39 is 0 Å². The van der Waals surface area contributed by atoms with E-state index in [-0.39, 0.29) is 6.23 Å². The van der Waals surface area contributed by atoms with Gasteiger partial charge in [-0.25, -0.2) is 0 Å². The Balaban J connectivity index is 1.59. The smallest absolute Gasteiger partial charge is 0.247 e. The summed E-state index contributed by atoms with van der Waals surface area (Å²) in [4.78, 5) is 4.71. The number of benzene rings is 1. The fourth-order valence-corrected chi connectivity index (χ4v) is 4.93. The number of para-hydroxylation sites is 1. The van der Waals surface area contributed by atoms with E-state index in [1.165, 1.54) is 17.3 Å². The topological polar surface area (TPSA) is 59.9 Å². The standard InChI is InChI=1S/C26H32N4OS/c1-5-15-32-26-28-25-23(29-30-26)21-11-6-7-12-22(21)27-24(31-25)20-14-13-19(16-18(20)4)10-8-9-17(2)3/h5-7,9,11-13,18,20,24,27H,1,8,10,14-16H2,2-4H3/t18-,20-,24-/m1/s1. The SMILES string of the molecule is C=CCSc1nnc2c(n1)O[C@H]([C@@H]1CC=C(CCC=C(C)C)C[C@H]1C)Nc1ccccc1-2. The van der Waals surface area contributed by atoms with Gasteiger partial charge in [-0.3, -0.25) is 0 Å². The van der Waals surface area contributed by atoms with Gasteiger partial charge in [0.1, 0.15) is 0 Å². The van der Waals surface area contributed by atoms with Gasteiger partial charge in [0.25, 0.3) is 0 Å². The zero-order valence-corrected chi connectivity index (χ0v) is 20.0. The Morgan fingerprint density at radius 1 is 1.28 bits per heavy atom. The highest BCUT2D eigenvalue weighted by Crippen LogP contribution is 2.41. The van der Waals surface area contributed by atoms with Crippen LogP contribution in [0.2, 0.25) is 0 Å². The molecule has 6 heteroatoms. The van der Waals surface area contributed by atoms with Crippen molar-refractivity contribution in [1.29, 1.82) is 0 Å². The van der Waals surface area contributed by atoms with Gasteiger partial charge in [-0.1, -0.05) is 66.3 Å². The fraction of sp³-hybridized carbons (Fsp3) is 0.423. The molecule has 168 valence electrons. The molecule has 2 aliphatic rings. The second-order valence-corrected chi connectivity index (χ2v) is 9.83. The molecule has 0 saturated carbocycles. The first kappa shape index (κ1) is 22.6. The molecular weight excluding hydrogens is 416 g/mol. The molecule has 0 amide bonds. The van der Waals surface area contributed by atoms with Crippen LogP contribution < -0.4 is 10.1 Å². The molecule has 1 aliphatic heterocycles. The minimum Gasteiger partial charge on any atom is -0.452 e. The lowest BCUT2D eigenvalue weighted by atomic mass is 9.78. The van der Waals surface area contributed by atoms with Gasteiger partial charge in [-0.2, -0.15) is 4.98 Å². The molecule has 0 saturated heterocycles. The number of nitrogens with zero attached hydrogens (tertiary/aromatic N) is 3. The van der Waals surface area contributed by atoms with Crippen LogP contribution in [0.3, 0.4) is 0 Å². The van der Waals surface area contributed by atoms with Gasteiger partial charge in [0.2, 0.25) is 11.0 Å². The summed E-state index contributed by atoms with van der Waals surface area (Å²) in [6, 6.07) is 8.17. The lowest BCUT2D eigenvalue weighted by Gasteiger charge is -2.35. The van der Waals surface area contributed by atoms with E-state index in [0.717, 1.165) is 42.7 Å². The van der Waals surface area contributed by atoms with Crippen molar-refractivity contribution in [2.45, 2.75) is 57.8 Å². The number of fused-ring (bicyclic) bond motifs is 3. The van der Waals surface area contributed by atoms with Gasteiger partial charge in [0.15, 0.2) is 11.9 Å². The van der Waals surface area contributed by atoms with E-state index in [0.29, 0.717) is 28.6 Å². The summed E-state index contributed by atoms with van der Waals surface area (Å²) in [5.74, 6) is 2.15. The molecule has 32 heavy (non-hydrogen) atoms. The number of nitrogens with one attached hydrogen (secondary N) is 1. The Bertz CT molecular complexity index is 1030. The maximum Gasteiger partial charge on any atom is 0.247 e. The Kier molecular flexibility index (Phi) is 7.30. The predicted octanol–water partition coefficient (Wildman–Crippen LogP) is 6.67. The number of hydrogen-bond donors (Lipinski definition) is 1. The van der Waals surface area contributed by atoms with E-state index in [2.05, 4.69) is 61.1 Å². The van der Waals surface area contributed by atoms with Crippen LogP contribution in [0.25, 0.3) is 11.3 Å². The third-order valence-corrected chi connectivity index (χ3v) is 6.92. The summed E-state index contributed by atoms with van der Waals surface area (Å²) in [5, 5.41) is 13.0. The first-order chi connectivity index (χ1) is 15.5. The van der Waals surface area contributed by atoms with E-state index in [9.17, 15) is 0 Å². The van der Waals surface area contributed by atoms with Crippen molar-refractivity contribution in [1.82, 2.24) is 15.2 Å². The molecule has 0 unspecified atom stereocenters. The number of rotatable bonds is 7. The highest BCUT2D eigenvalue weighted by Gasteiger charge is 2.34. The Morgan fingerprint density at radius 2 is 2.12 bits per heavy atom. The molecule has 1 aromatic carbocycles. The number of allylic oxidation sites excluding steroid dienone is 4. The average molecular weight is 449 g/mol. The molecular formula is C26H32N4OS. The van der Waals surface area contributed by atoms with Crippen LogP contribution >= 0.6 is 11.8 Å². The van der Waals surface area contributed by atoms with Crippen molar-refractivity contribution in [3.8, 4) is 17.1 Å². The average Bonchev–Trinajstić information content (AvgIpc) is 2.94. The lowest BCUT2D eigenvalue weighted by molar-refractivity contribution is 0.114. The molecule has 0 spiro atoms. The highest BCUT2D eigenvalue weighted by molar-refractivity contribution is 7.99. The van der Waals surface area contributed by atoms with Gasteiger partial charge in [0.05, 0.1) is 0 Å². The minimum atomic E-state index is -0.170. The second-order valence-electron chi connectivity index (χ2n) is 8.84. The van der Waals surface area contributed by atoms with Crippen molar-refractivity contribution in [3.05, 3.63) is 60.2 Å². The molecule has 2 aromatic rings. The summed E-state index contributed by atoms with van der Waals surface area (Å²) in [6.45, 7) is 10.4. The van der Waals surface area contributed by atoms with Crippen LogP contribution in [-0.2, 0) is 0 Å². The second kappa shape index (κ2) is 10.3. The summed E-state index contributed by atoms with van der Waals surface area (Å²) in [7, 11) is 0. The van der Waals surface area contributed by atoms with Crippen LogP contribution in [0.15, 0.2) is 65.4 Å². The number of hydrogen-bond acceptors (Lipinski definition) is 6. The van der Waals surface area contributed by atoms with E-state index in [4.69, 9.17) is 9.72 Å². The Labute approximate surface area is 195 Å². The van der Waals surface area contributed by atoms with Gasteiger partial charge >= 0.3 is 0 Å². The van der Waals surface area contributed by atoms with Crippen LogP contribution in [0.5, 0.6) is 5.88 Å². The predicted molar refractivity (Wildman–Crippen MR) is 133 cm³/mol. The summed E-state index contributed by atoms with van der Waals surface area (Å²) >= 11 is 1.51. The number of aromatic nitrogens is 3. The van der Waals surface area contributed by atoms with Crippen molar-refractivity contribution >= 4 is 17.4 Å². The molecule has 3 atom stereocenters. The maximum atomic E-state index is 6.52. The van der Waals surface area contributed by atoms with Crippen molar-refractivity contribution in [2.75, 3.05) is 11.1 Å². The number of ether oxygens (including phenoxy) is 1. The third-order valence-electron chi connectivity index (χ3n) is 6.08. The van der Waals surface area contributed by atoms with Crippen LogP contribution in [0.4, 0.5) is 5.69 Å². The first-order valence-electron chi connectivity index (χ1n) is 11.4. The molecule has 2 heterocycles. The lowest BCUT2D eigenvalue weighted by Crippen LogP contribution is -2.39. The van der Waals surface area contributed by atoms with E-state index in [1.807, 2.05) is 24.3 Å². The molecule has 5 nitrogen and oxygen atoms in total. The monoisotopic (exact) mass is 448 g/mol. The number of anilines is 1. The summed E-state index contributed by atoms with van der Waals surface area (Å²) in [5.41, 5.74) is 5.64. The molecule has 1 aromatic heterocycles. The molecule has 0 fully saturated rings. The zero-order valence-electron chi connectivity index (χ0n) is 19.2. The zero-order chi connectivity index (χ0) is 22.5. The van der Waals surface area contributed by atoms with Gasteiger partial charge in [-0.15, -0.1) is 16.8 Å². The molecule has 0 radical (unpaired) electrons. The number of thioether (sulfide) groups is 1. The van der Waals surface area contributed by atoms with Crippen LogP contribution in [-0.4, -0.2) is 27.2 Å². The van der Waals surface area contributed by atoms with Gasteiger partial charge < -0.3 is 10.1 Å². The van der Waals surface area contributed by atoms with Crippen LogP contribution in [0.1, 0.15) is 46.5 Å². The van der Waals surface area contributed by atoms with E-state index in [1.54, 1.807) is 5.57 Å². The molecule has 1 aliphatic carbocycles. The van der Waals surface area contributed by atoms with Gasteiger partial charge in [-0.05, 0) is 51.5 Å². The van der Waals surface area contributed by atoms with Crippen molar-refractivity contribution in [2.24, 2.45) is 11.8 Å². The van der Waals surface area contributed by atoms with E-state index >= 15 is 0 Å². The largest absolute Gasteiger partial charge is 0.452 e. The van der Waals surface area contributed by atoms with Crippen molar-refractivity contribution in [3.63, 3.8) is 0 Å². The third kappa shape index (κ3) is 5.23. The molecule has 0 bridgehead atoms. The highest BCUT2D eigenvalue weighted by atomic mass is 32.2. The fourth-order valence-electron chi connectivity index (χ4n) is 4.41. The maximum absolute atomic E-state index is 6.52. The van der Waals surface area contributed by atoms with Gasteiger partial charge in [0, 0.05) is 22.9 Å². The summed E-state index contributed by atoms with van der Waals surface area (Å²) in [6.07, 6.45) is 10.8. The van der Waals surface area contributed by atoms with Crippen LogP contribution in [0, 0.1) is 11.8 Å². The molecule has 4 rings (SSSR count). The normalized spacial score (nSPS) is 21.7. The minimum absolute atomic E-state index is 0.170. The van der Waals surface area contributed by atoms with Crippen molar-refractivity contribution < 1.29 is 4.74 Å². The quantitative estimate of drug-likeness (QED) is 0.377. The molecule has 1 N–H and O–H groups in total. The summed E-state index contributed by atoms with van der Waals surface area (Å²) < 4.78 is 6.52. The Morgan fingerprint density at radius 3 is 2.91 bits per heavy atom. The Hall–Kier alpha value is -2.60. The first-order valence-corrected chi connectivity index (χ1v) is 12.4.